The Morgan fingerprint density at radius 1 is 0.931 bits per heavy atom. The summed E-state index contributed by atoms with van der Waals surface area (Å²) in [5.74, 6) is 2.15. The molecule has 0 aromatic heterocycles. The fraction of sp³-hybridized carbons (Fsp3) is 0.889. The molecule has 2 fully saturated rings. The summed E-state index contributed by atoms with van der Waals surface area (Å²) in [5, 5.41) is 0. The van der Waals surface area contributed by atoms with Crippen LogP contribution in [0.5, 0.6) is 0 Å². The van der Waals surface area contributed by atoms with Crippen LogP contribution in [0.3, 0.4) is 0 Å². The molecule has 4 rings (SSSR count). The predicted molar refractivity (Wildman–Crippen MR) is 119 cm³/mol. The van der Waals surface area contributed by atoms with Crippen LogP contribution in [0.25, 0.3) is 0 Å². The molecule has 0 amide bonds. The first-order valence-corrected chi connectivity index (χ1v) is 12.3. The lowest BCUT2D eigenvalue weighted by Gasteiger charge is -2.62. The van der Waals surface area contributed by atoms with Crippen LogP contribution in [0, 0.1) is 39.4 Å². The molecule has 0 heterocycles. The number of hydrogen-bond donors (Lipinski definition) is 0. The summed E-state index contributed by atoms with van der Waals surface area (Å²) in [4.78, 5) is 11.7. The predicted octanol–water partition coefficient (Wildman–Crippen LogP) is 7.32. The second-order valence-corrected chi connectivity index (χ2v) is 12.6. The van der Waals surface area contributed by atoms with E-state index in [1.807, 2.05) is 11.1 Å². The molecule has 0 aliphatic heterocycles. The third-order valence-corrected chi connectivity index (χ3v) is 10.9. The van der Waals surface area contributed by atoms with Gasteiger partial charge in [-0.3, -0.25) is 4.79 Å². The second kappa shape index (κ2) is 6.60. The molecule has 0 N–H and O–H groups in total. The lowest BCUT2D eigenvalue weighted by molar-refractivity contribution is -0.167. The number of rotatable bonds is 2. The Morgan fingerprint density at radius 2 is 1.62 bits per heavy atom. The minimum Gasteiger partial charge on any atom is -0.462 e. The number of ether oxygens (including phenoxy) is 1. The largest absolute Gasteiger partial charge is 0.462 e. The van der Waals surface area contributed by atoms with Crippen molar-refractivity contribution < 1.29 is 9.53 Å². The molecule has 0 aromatic rings. The van der Waals surface area contributed by atoms with Crippen LogP contribution >= 0.6 is 0 Å². The smallest absolute Gasteiger partial charge is 0.302 e. The van der Waals surface area contributed by atoms with Gasteiger partial charge in [-0.25, -0.2) is 0 Å². The molecule has 164 valence electrons. The molecule has 2 nitrogen and oxygen atoms in total. The van der Waals surface area contributed by atoms with E-state index < -0.39 is 0 Å². The quantitative estimate of drug-likeness (QED) is 0.358. The number of hydrogen-bond acceptors (Lipinski definition) is 2. The van der Waals surface area contributed by atoms with E-state index >= 15 is 0 Å². The normalized spacial score (nSPS) is 46.2. The Bertz CT molecular complexity index is 731. The first kappa shape index (κ1) is 21.4. The average Bonchev–Trinajstić information content (AvgIpc) is 2.89. The van der Waals surface area contributed by atoms with Crippen molar-refractivity contribution in [1.29, 1.82) is 0 Å². The molecule has 0 bridgehead atoms. The molecule has 29 heavy (non-hydrogen) atoms. The maximum Gasteiger partial charge on any atom is 0.302 e. The Hall–Kier alpha value is -0.790. The number of carbonyl (C=O) groups is 1. The molecule has 2 heteroatoms. The molecule has 0 spiro atoms. The van der Waals surface area contributed by atoms with E-state index in [0.717, 1.165) is 18.3 Å². The molecule has 2 saturated carbocycles. The van der Waals surface area contributed by atoms with Crippen LogP contribution in [0.2, 0.25) is 0 Å². The van der Waals surface area contributed by atoms with Gasteiger partial charge in [0.1, 0.15) is 6.10 Å². The molecule has 6 unspecified atom stereocenters. The van der Waals surface area contributed by atoms with Crippen molar-refractivity contribution in [3.63, 3.8) is 0 Å². The van der Waals surface area contributed by atoms with Crippen LogP contribution in [-0.4, -0.2) is 12.1 Å². The van der Waals surface area contributed by atoms with Crippen LogP contribution < -0.4 is 0 Å². The summed E-state index contributed by atoms with van der Waals surface area (Å²) in [6.07, 6.45) is 10.2. The van der Waals surface area contributed by atoms with Crippen molar-refractivity contribution in [2.45, 2.75) is 113 Å². The first-order chi connectivity index (χ1) is 13.4. The van der Waals surface area contributed by atoms with E-state index in [1.54, 1.807) is 6.92 Å². The molecule has 4 aliphatic carbocycles. The number of allylic oxidation sites excluding steroid dienone is 2. The van der Waals surface area contributed by atoms with Gasteiger partial charge in [0.25, 0.3) is 0 Å². The van der Waals surface area contributed by atoms with Crippen molar-refractivity contribution in [1.82, 2.24) is 0 Å². The van der Waals surface area contributed by atoms with Crippen molar-refractivity contribution in [3.8, 4) is 0 Å². The summed E-state index contributed by atoms with van der Waals surface area (Å²) in [7, 11) is 0. The van der Waals surface area contributed by atoms with Crippen molar-refractivity contribution in [3.05, 3.63) is 11.1 Å². The minimum absolute atomic E-state index is 0.0506. The van der Waals surface area contributed by atoms with Gasteiger partial charge in [0, 0.05) is 12.3 Å². The number of carbonyl (C=O) groups excluding carboxylic acids is 1. The highest BCUT2D eigenvalue weighted by Crippen LogP contribution is 2.72. The Morgan fingerprint density at radius 3 is 2.24 bits per heavy atom. The van der Waals surface area contributed by atoms with E-state index in [-0.39, 0.29) is 22.9 Å². The summed E-state index contributed by atoms with van der Waals surface area (Å²) in [6, 6.07) is 0. The van der Waals surface area contributed by atoms with Gasteiger partial charge >= 0.3 is 5.97 Å². The fourth-order valence-electron chi connectivity index (χ4n) is 9.18. The van der Waals surface area contributed by atoms with Crippen LogP contribution in [0.4, 0.5) is 0 Å². The highest BCUT2D eigenvalue weighted by molar-refractivity contribution is 5.66. The summed E-state index contributed by atoms with van der Waals surface area (Å²) in [6.45, 7) is 19.0. The van der Waals surface area contributed by atoms with Gasteiger partial charge in [-0.1, -0.05) is 59.6 Å². The van der Waals surface area contributed by atoms with E-state index in [1.165, 1.54) is 44.9 Å². The van der Waals surface area contributed by atoms with Gasteiger partial charge in [-0.05, 0) is 85.4 Å². The zero-order valence-corrected chi connectivity index (χ0v) is 20.3. The maximum absolute atomic E-state index is 11.7. The molecule has 0 saturated heterocycles. The van der Waals surface area contributed by atoms with E-state index in [0.29, 0.717) is 16.7 Å². The molecular weight excluding hydrogens is 356 g/mol. The van der Waals surface area contributed by atoms with E-state index in [4.69, 9.17) is 4.74 Å². The molecule has 0 radical (unpaired) electrons. The van der Waals surface area contributed by atoms with Gasteiger partial charge < -0.3 is 4.74 Å². The Balaban J connectivity index is 1.73. The minimum atomic E-state index is -0.117. The lowest BCUT2D eigenvalue weighted by atomic mass is 9.43. The topological polar surface area (TPSA) is 26.3 Å². The van der Waals surface area contributed by atoms with Gasteiger partial charge in [-0.15, -0.1) is 0 Å². The Kier molecular flexibility index (Phi) is 4.88. The highest BCUT2D eigenvalue weighted by atomic mass is 16.5. The second-order valence-electron chi connectivity index (χ2n) is 12.6. The molecule has 0 aromatic carbocycles. The van der Waals surface area contributed by atoms with Crippen molar-refractivity contribution >= 4 is 5.97 Å². The lowest BCUT2D eigenvalue weighted by Crippen LogP contribution is -2.55. The highest BCUT2D eigenvalue weighted by Gasteiger charge is 2.63. The molecular formula is C27H44O2. The van der Waals surface area contributed by atoms with Gasteiger partial charge in [0.05, 0.1) is 0 Å². The van der Waals surface area contributed by atoms with Crippen LogP contribution in [0.15, 0.2) is 11.1 Å². The maximum atomic E-state index is 11.7. The Labute approximate surface area is 179 Å². The van der Waals surface area contributed by atoms with Crippen LogP contribution in [0.1, 0.15) is 107 Å². The van der Waals surface area contributed by atoms with Gasteiger partial charge in [0.15, 0.2) is 0 Å². The molecule has 4 aliphatic rings. The first-order valence-electron chi connectivity index (χ1n) is 12.3. The van der Waals surface area contributed by atoms with Crippen molar-refractivity contribution in [2.24, 2.45) is 39.4 Å². The van der Waals surface area contributed by atoms with Crippen LogP contribution in [-0.2, 0) is 9.53 Å². The average molecular weight is 401 g/mol. The standard InChI is InChI=1S/C27H44O2/c1-17(2)19-11-15-27(8)21-9-10-22-24(4,5)23(29-18(3)28)13-14-25(22,6)20(21)12-16-26(19,27)7/h17,19,22-23H,9-16H2,1-8H3. The third-order valence-electron chi connectivity index (χ3n) is 10.9. The number of esters is 1. The van der Waals surface area contributed by atoms with Gasteiger partial charge in [0.2, 0.25) is 0 Å². The van der Waals surface area contributed by atoms with Gasteiger partial charge in [-0.2, -0.15) is 0 Å². The summed E-state index contributed by atoms with van der Waals surface area (Å²) in [5.41, 5.74) is 4.87. The SMILES string of the molecule is CC(=O)OC1CCC2(C)C3=C(CCC2C1(C)C)C1(C)CCC(C(C)C)C1(C)CC3. The monoisotopic (exact) mass is 400 g/mol. The third kappa shape index (κ3) is 2.76. The fourth-order valence-corrected chi connectivity index (χ4v) is 9.18. The van der Waals surface area contributed by atoms with E-state index in [2.05, 4.69) is 48.5 Å². The summed E-state index contributed by atoms with van der Waals surface area (Å²) < 4.78 is 5.83. The van der Waals surface area contributed by atoms with Crippen molar-refractivity contribution in [2.75, 3.05) is 0 Å². The zero-order chi connectivity index (χ0) is 21.4. The molecule has 6 atom stereocenters. The zero-order valence-electron chi connectivity index (χ0n) is 20.3. The summed E-state index contributed by atoms with van der Waals surface area (Å²) >= 11 is 0. The number of fused-ring (bicyclic) bond motifs is 4. The van der Waals surface area contributed by atoms with E-state index in [9.17, 15) is 4.79 Å².